The van der Waals surface area contributed by atoms with Crippen LogP contribution in [0, 0.1) is 0 Å². The molecule has 0 heterocycles. The molecule has 0 aliphatic rings. The van der Waals surface area contributed by atoms with E-state index in [4.69, 9.17) is 16.7 Å². The van der Waals surface area contributed by atoms with Gasteiger partial charge in [-0.05, 0) is 18.5 Å². The summed E-state index contributed by atoms with van der Waals surface area (Å²) in [5.41, 5.74) is 1.22. The van der Waals surface area contributed by atoms with Crippen LogP contribution in [0.25, 0.3) is 0 Å². The van der Waals surface area contributed by atoms with Crippen molar-refractivity contribution in [3.05, 3.63) is 37.3 Å². The van der Waals surface area contributed by atoms with Crippen LogP contribution in [0.1, 0.15) is 20.3 Å². The van der Waals surface area contributed by atoms with E-state index in [0.717, 1.165) is 12.7 Å². The molecule has 104 valence electrons. The van der Waals surface area contributed by atoms with Crippen molar-refractivity contribution in [2.75, 3.05) is 6.61 Å². The highest BCUT2D eigenvalue weighted by atomic mass is 35.5. The molecule has 0 saturated carbocycles. The lowest BCUT2D eigenvalue weighted by molar-refractivity contribution is -0.142. The fourth-order valence-electron chi connectivity index (χ4n) is 0.395. The lowest BCUT2D eigenvalue weighted by atomic mass is 10.5. The zero-order chi connectivity index (χ0) is 15.0. The van der Waals surface area contributed by atoms with Crippen molar-refractivity contribution in [2.45, 2.75) is 20.3 Å². The number of aliphatic hydroxyl groups excluding tert-OH is 1. The lowest BCUT2D eigenvalue weighted by Crippen LogP contribution is -2.06. The number of aliphatic hydroxyl groups is 1. The molecule has 0 aliphatic heterocycles. The maximum Gasteiger partial charge on any atom is 0.372 e. The molecule has 0 aromatic rings. The van der Waals surface area contributed by atoms with Gasteiger partial charge in [0.1, 0.15) is 0 Å². The SMILES string of the molecule is C=C(O)C(=O)OCCC.C=CCl.C=COC(C)=O. The van der Waals surface area contributed by atoms with E-state index < -0.39 is 11.7 Å². The van der Waals surface area contributed by atoms with Gasteiger partial charge >= 0.3 is 11.9 Å². The number of carbonyl (C=O) groups is 2. The van der Waals surface area contributed by atoms with Crippen molar-refractivity contribution in [3.63, 3.8) is 0 Å². The summed E-state index contributed by atoms with van der Waals surface area (Å²) in [6.07, 6.45) is 1.85. The Kier molecular flexibility index (Phi) is 21.1. The molecule has 0 aromatic heterocycles. The summed E-state index contributed by atoms with van der Waals surface area (Å²) >= 11 is 4.76. The van der Waals surface area contributed by atoms with Gasteiger partial charge < -0.3 is 14.6 Å². The Morgan fingerprint density at radius 3 is 2.00 bits per heavy atom. The summed E-state index contributed by atoms with van der Waals surface area (Å²) < 4.78 is 8.63. The summed E-state index contributed by atoms with van der Waals surface area (Å²) in [6, 6.07) is 0. The van der Waals surface area contributed by atoms with E-state index in [-0.39, 0.29) is 5.97 Å². The summed E-state index contributed by atoms with van der Waals surface area (Å²) in [7, 11) is 0. The molecular weight excluding hydrogens is 260 g/mol. The molecule has 18 heavy (non-hydrogen) atoms. The first-order valence-electron chi connectivity index (χ1n) is 4.91. The van der Waals surface area contributed by atoms with E-state index in [1.807, 2.05) is 6.92 Å². The second-order valence-corrected chi connectivity index (χ2v) is 2.82. The number of hydrogen-bond acceptors (Lipinski definition) is 5. The van der Waals surface area contributed by atoms with Crippen molar-refractivity contribution in [1.82, 2.24) is 0 Å². The van der Waals surface area contributed by atoms with E-state index in [1.165, 1.54) is 12.5 Å². The van der Waals surface area contributed by atoms with Crippen molar-refractivity contribution in [3.8, 4) is 0 Å². The highest BCUT2D eigenvalue weighted by molar-refractivity contribution is 6.25. The quantitative estimate of drug-likeness (QED) is 0.486. The standard InChI is InChI=1S/C6H10O3.C4H6O2.C2H3Cl/c1-3-4-9-6(8)5(2)7;1-3-6-4(2)5;1-2-3/h7H,2-4H2,1H3;3H,1H2,2H3;2H,1H2. The van der Waals surface area contributed by atoms with E-state index >= 15 is 0 Å². The number of ether oxygens (including phenoxy) is 2. The van der Waals surface area contributed by atoms with Crippen LogP contribution in [0.15, 0.2) is 37.3 Å². The van der Waals surface area contributed by atoms with Crippen LogP contribution in [0.3, 0.4) is 0 Å². The third-order valence-corrected chi connectivity index (χ3v) is 0.922. The van der Waals surface area contributed by atoms with Gasteiger partial charge in [0.25, 0.3) is 0 Å². The second-order valence-electron chi connectivity index (χ2n) is 2.51. The Bertz CT molecular complexity index is 274. The topological polar surface area (TPSA) is 72.8 Å². The van der Waals surface area contributed by atoms with Gasteiger partial charge in [-0.25, -0.2) is 4.79 Å². The van der Waals surface area contributed by atoms with Gasteiger partial charge in [0.15, 0.2) is 5.76 Å². The smallest absolute Gasteiger partial charge is 0.372 e. The Balaban J connectivity index is -0.000000216. The van der Waals surface area contributed by atoms with Crippen LogP contribution in [-0.2, 0) is 19.1 Å². The van der Waals surface area contributed by atoms with Crippen LogP contribution in [-0.4, -0.2) is 23.7 Å². The van der Waals surface area contributed by atoms with Gasteiger partial charge in [-0.15, -0.1) is 0 Å². The molecule has 0 aliphatic carbocycles. The third-order valence-electron chi connectivity index (χ3n) is 0.922. The minimum atomic E-state index is -0.739. The molecule has 0 amide bonds. The molecule has 0 fully saturated rings. The molecule has 0 aromatic carbocycles. The zero-order valence-electron chi connectivity index (χ0n) is 10.6. The first kappa shape index (κ1) is 21.5. The van der Waals surface area contributed by atoms with Crippen molar-refractivity contribution in [2.24, 2.45) is 0 Å². The molecule has 5 nitrogen and oxygen atoms in total. The lowest BCUT2D eigenvalue weighted by Gasteiger charge is -1.98. The van der Waals surface area contributed by atoms with Gasteiger partial charge in [0, 0.05) is 6.92 Å². The van der Waals surface area contributed by atoms with Crippen LogP contribution >= 0.6 is 11.6 Å². The molecule has 0 unspecified atom stereocenters. The minimum Gasteiger partial charge on any atom is -0.502 e. The van der Waals surface area contributed by atoms with Gasteiger partial charge in [-0.1, -0.05) is 31.7 Å². The molecule has 6 heteroatoms. The maximum absolute atomic E-state index is 10.3. The van der Waals surface area contributed by atoms with Gasteiger partial charge in [-0.2, -0.15) is 0 Å². The van der Waals surface area contributed by atoms with Gasteiger partial charge in [0.2, 0.25) is 0 Å². The highest BCUT2D eigenvalue weighted by Gasteiger charge is 2.02. The van der Waals surface area contributed by atoms with Gasteiger partial charge in [0.05, 0.1) is 12.9 Å². The maximum atomic E-state index is 10.3. The van der Waals surface area contributed by atoms with E-state index in [1.54, 1.807) is 0 Å². The van der Waals surface area contributed by atoms with E-state index in [0.29, 0.717) is 6.61 Å². The normalized spacial score (nSPS) is 7.28. The predicted octanol–water partition coefficient (Wildman–Crippen LogP) is 3.07. The Hall–Kier alpha value is -1.75. The van der Waals surface area contributed by atoms with Crippen LogP contribution in [0.4, 0.5) is 0 Å². The number of esters is 2. The summed E-state index contributed by atoms with van der Waals surface area (Å²) in [4.78, 5) is 20.1. The molecule has 0 atom stereocenters. The van der Waals surface area contributed by atoms with Crippen LogP contribution in [0.5, 0.6) is 0 Å². The summed E-state index contributed by atoms with van der Waals surface area (Å²) in [6.45, 7) is 12.8. The molecule has 0 radical (unpaired) electrons. The number of hydrogen-bond donors (Lipinski definition) is 1. The Morgan fingerprint density at radius 2 is 1.83 bits per heavy atom. The second kappa shape index (κ2) is 17.6. The first-order chi connectivity index (χ1) is 8.37. The van der Waals surface area contributed by atoms with Gasteiger partial charge in [-0.3, -0.25) is 4.79 Å². The average Bonchev–Trinajstić information content (AvgIpc) is 2.27. The monoisotopic (exact) mass is 278 g/mol. The zero-order valence-corrected chi connectivity index (χ0v) is 11.4. The Morgan fingerprint density at radius 1 is 1.39 bits per heavy atom. The van der Waals surface area contributed by atoms with E-state index in [9.17, 15) is 9.59 Å². The van der Waals surface area contributed by atoms with Crippen molar-refractivity contribution in [1.29, 1.82) is 0 Å². The molecular formula is C12H19ClO5. The molecule has 0 bridgehead atoms. The highest BCUT2D eigenvalue weighted by Crippen LogP contribution is 1.88. The van der Waals surface area contributed by atoms with Crippen molar-refractivity contribution >= 4 is 23.5 Å². The first-order valence-corrected chi connectivity index (χ1v) is 5.35. The van der Waals surface area contributed by atoms with Crippen LogP contribution < -0.4 is 0 Å². The molecule has 0 saturated heterocycles. The molecule has 0 rings (SSSR count). The van der Waals surface area contributed by atoms with Crippen molar-refractivity contribution < 1.29 is 24.2 Å². The molecule has 0 spiro atoms. The fourth-order valence-corrected chi connectivity index (χ4v) is 0.395. The predicted molar refractivity (Wildman–Crippen MR) is 71.0 cm³/mol. The average molecular weight is 279 g/mol. The summed E-state index contributed by atoms with van der Waals surface area (Å²) in [5.74, 6) is -1.61. The fraction of sp³-hybridized carbons (Fsp3) is 0.333. The number of halogens is 1. The minimum absolute atomic E-state index is 0.329. The largest absolute Gasteiger partial charge is 0.502 e. The van der Waals surface area contributed by atoms with E-state index in [2.05, 4.69) is 29.2 Å². The van der Waals surface area contributed by atoms with Crippen LogP contribution in [0.2, 0.25) is 0 Å². The summed E-state index contributed by atoms with van der Waals surface area (Å²) in [5, 5.41) is 8.38. The third kappa shape index (κ3) is 29.2. The number of carbonyl (C=O) groups excluding carboxylic acids is 2. The Labute approximate surface area is 112 Å². The number of rotatable bonds is 4. The molecule has 1 N–H and O–H groups in total.